The maximum Gasteiger partial charge on any atom is 0.256 e. The van der Waals surface area contributed by atoms with Crippen molar-refractivity contribution in [3.05, 3.63) is 64.6 Å². The quantitative estimate of drug-likeness (QED) is 0.698. The molecule has 0 spiro atoms. The molecule has 2 heterocycles. The molecule has 1 aliphatic rings. The minimum atomic E-state index is -3.70. The van der Waals surface area contributed by atoms with Gasteiger partial charge in [0.05, 0.1) is 21.7 Å². The van der Waals surface area contributed by atoms with Crippen molar-refractivity contribution in [3.8, 4) is 0 Å². The summed E-state index contributed by atoms with van der Waals surface area (Å²) < 4.78 is 27.7. The minimum Gasteiger partial charge on any atom is -0.321 e. The largest absolute Gasteiger partial charge is 0.321 e. The Labute approximate surface area is 158 Å². The average Bonchev–Trinajstić information content (AvgIpc) is 3.10. The molecule has 132 valence electrons. The molecule has 3 aromatic rings. The van der Waals surface area contributed by atoms with Gasteiger partial charge in [-0.05, 0) is 30.3 Å². The van der Waals surface area contributed by atoms with Crippen molar-refractivity contribution in [2.45, 2.75) is 21.2 Å². The highest BCUT2D eigenvalue weighted by Crippen LogP contribution is 2.39. The van der Waals surface area contributed by atoms with Gasteiger partial charge in [0, 0.05) is 27.4 Å². The lowest BCUT2D eigenvalue weighted by molar-refractivity contribution is 0.102. The number of carbonyl (C=O) groups is 1. The molecular weight excluding hydrogens is 390 g/mol. The van der Waals surface area contributed by atoms with Crippen LogP contribution >= 0.6 is 23.1 Å². The van der Waals surface area contributed by atoms with E-state index in [0.717, 1.165) is 14.7 Å². The fraction of sp³-hybridized carbons (Fsp3) is 0.0588. The number of hydrogen-bond acceptors (Lipinski definition) is 6. The number of nitrogens with one attached hydrogen (secondary N) is 2. The van der Waals surface area contributed by atoms with Gasteiger partial charge in [-0.25, -0.2) is 13.1 Å². The minimum absolute atomic E-state index is 0.104. The van der Waals surface area contributed by atoms with E-state index in [0.29, 0.717) is 11.3 Å². The third-order valence-electron chi connectivity index (χ3n) is 3.78. The first-order chi connectivity index (χ1) is 12.5. The van der Waals surface area contributed by atoms with E-state index in [2.05, 4.69) is 15.0 Å². The number of anilines is 1. The van der Waals surface area contributed by atoms with Crippen molar-refractivity contribution in [2.75, 3.05) is 5.32 Å². The van der Waals surface area contributed by atoms with Gasteiger partial charge in [-0.3, -0.25) is 9.78 Å². The third kappa shape index (κ3) is 3.38. The van der Waals surface area contributed by atoms with E-state index >= 15 is 0 Å². The van der Waals surface area contributed by atoms with E-state index in [1.165, 1.54) is 29.2 Å². The Morgan fingerprint density at radius 3 is 2.77 bits per heavy atom. The van der Waals surface area contributed by atoms with E-state index in [9.17, 15) is 13.2 Å². The number of thiazole rings is 1. The van der Waals surface area contributed by atoms with Crippen LogP contribution in [0.2, 0.25) is 0 Å². The number of benzene rings is 2. The first kappa shape index (κ1) is 17.2. The summed E-state index contributed by atoms with van der Waals surface area (Å²) in [5.74, 6) is -0.251. The van der Waals surface area contributed by atoms with Gasteiger partial charge in [-0.1, -0.05) is 23.9 Å². The first-order valence-electron chi connectivity index (χ1n) is 7.62. The van der Waals surface area contributed by atoms with Gasteiger partial charge in [0.25, 0.3) is 5.91 Å². The molecule has 0 atom stereocenters. The van der Waals surface area contributed by atoms with Crippen LogP contribution in [0.5, 0.6) is 0 Å². The van der Waals surface area contributed by atoms with Gasteiger partial charge in [0.1, 0.15) is 0 Å². The number of nitrogens with zero attached hydrogens (tertiary/aromatic N) is 1. The maximum absolute atomic E-state index is 12.6. The van der Waals surface area contributed by atoms with Crippen LogP contribution in [0.25, 0.3) is 0 Å². The molecule has 1 amide bonds. The number of aromatic nitrogens is 1. The van der Waals surface area contributed by atoms with Crippen LogP contribution in [0.3, 0.4) is 0 Å². The number of carbonyl (C=O) groups excluding carboxylic acids is 1. The summed E-state index contributed by atoms with van der Waals surface area (Å²) in [6.45, 7) is 0.177. The summed E-state index contributed by atoms with van der Waals surface area (Å²) >= 11 is 2.81. The van der Waals surface area contributed by atoms with E-state index in [4.69, 9.17) is 0 Å². The third-order valence-corrected chi connectivity index (χ3v) is 7.11. The normalized spacial score (nSPS) is 13.5. The lowest BCUT2D eigenvalue weighted by Gasteiger charge is -2.10. The summed E-state index contributed by atoms with van der Waals surface area (Å²) in [4.78, 5) is 18.9. The monoisotopic (exact) mass is 403 g/mol. The Kier molecular flexibility index (Phi) is 4.53. The fourth-order valence-corrected chi connectivity index (χ4v) is 5.16. The predicted molar refractivity (Wildman–Crippen MR) is 101 cm³/mol. The van der Waals surface area contributed by atoms with Crippen molar-refractivity contribution >= 4 is 44.7 Å². The van der Waals surface area contributed by atoms with E-state index in [1.54, 1.807) is 36.0 Å². The second kappa shape index (κ2) is 6.84. The van der Waals surface area contributed by atoms with Crippen molar-refractivity contribution in [1.82, 2.24) is 9.71 Å². The summed E-state index contributed by atoms with van der Waals surface area (Å²) in [5, 5.41) is 2.80. The fourth-order valence-electron chi connectivity index (χ4n) is 2.49. The lowest BCUT2D eigenvalue weighted by Crippen LogP contribution is -2.23. The Morgan fingerprint density at radius 1 is 1.12 bits per heavy atom. The van der Waals surface area contributed by atoms with Crippen LogP contribution in [0, 0.1) is 0 Å². The van der Waals surface area contributed by atoms with E-state index < -0.39 is 10.0 Å². The standard InChI is InChI=1S/C17H13N3O3S3/c21-17-13-3-1-2-4-15(13)25-16-6-5-12(7-14(16)20-17)26(22,23)19-9-11-8-18-10-24-11/h1-8,10,19H,9H2,(H,20,21). The molecule has 4 rings (SSSR count). The topological polar surface area (TPSA) is 88.2 Å². The molecule has 0 fully saturated rings. The van der Waals surface area contributed by atoms with Gasteiger partial charge >= 0.3 is 0 Å². The van der Waals surface area contributed by atoms with Crippen molar-refractivity contribution in [2.24, 2.45) is 0 Å². The zero-order chi connectivity index (χ0) is 18.1. The van der Waals surface area contributed by atoms with Crippen LogP contribution in [0.15, 0.2) is 68.9 Å². The van der Waals surface area contributed by atoms with E-state index in [1.807, 2.05) is 12.1 Å². The summed E-state index contributed by atoms with van der Waals surface area (Å²) in [5.41, 5.74) is 2.70. The zero-order valence-electron chi connectivity index (χ0n) is 13.3. The summed E-state index contributed by atoms with van der Waals surface area (Å²) in [6, 6.07) is 12.0. The Hall–Kier alpha value is -2.20. The molecule has 0 saturated carbocycles. The zero-order valence-corrected chi connectivity index (χ0v) is 15.7. The second-order valence-corrected chi connectivity index (χ2v) is 9.32. The molecular formula is C17H13N3O3S3. The lowest BCUT2D eigenvalue weighted by atomic mass is 10.2. The smallest absolute Gasteiger partial charge is 0.256 e. The van der Waals surface area contributed by atoms with Crippen LogP contribution in [-0.4, -0.2) is 19.3 Å². The number of hydrogen-bond donors (Lipinski definition) is 2. The molecule has 9 heteroatoms. The Morgan fingerprint density at radius 2 is 1.96 bits per heavy atom. The molecule has 0 bridgehead atoms. The Bertz CT molecular complexity index is 1080. The molecule has 0 aliphatic carbocycles. The molecule has 0 unspecified atom stereocenters. The molecule has 0 saturated heterocycles. The molecule has 6 nitrogen and oxygen atoms in total. The molecule has 0 radical (unpaired) electrons. The first-order valence-corrected chi connectivity index (χ1v) is 10.8. The SMILES string of the molecule is O=C1Nc2cc(S(=O)(=O)NCc3cncs3)ccc2Sc2ccccc21. The molecule has 26 heavy (non-hydrogen) atoms. The van der Waals surface area contributed by atoms with Crippen molar-refractivity contribution in [1.29, 1.82) is 0 Å². The van der Waals surface area contributed by atoms with Gasteiger partial charge in [0.2, 0.25) is 10.0 Å². The summed E-state index contributed by atoms with van der Waals surface area (Å²) in [6.07, 6.45) is 1.62. The number of fused-ring (bicyclic) bond motifs is 2. The van der Waals surface area contributed by atoms with Gasteiger partial charge in [-0.2, -0.15) is 0 Å². The van der Waals surface area contributed by atoms with Gasteiger partial charge < -0.3 is 5.32 Å². The van der Waals surface area contributed by atoms with Crippen LogP contribution < -0.4 is 10.0 Å². The van der Waals surface area contributed by atoms with Crippen LogP contribution in [0.1, 0.15) is 15.2 Å². The van der Waals surface area contributed by atoms with Crippen molar-refractivity contribution < 1.29 is 13.2 Å². The van der Waals surface area contributed by atoms with Crippen molar-refractivity contribution in [3.63, 3.8) is 0 Å². The average molecular weight is 404 g/mol. The highest BCUT2D eigenvalue weighted by atomic mass is 32.2. The predicted octanol–water partition coefficient (Wildman–Crippen LogP) is 3.34. The number of sulfonamides is 1. The molecule has 2 aromatic carbocycles. The molecule has 1 aliphatic heterocycles. The van der Waals surface area contributed by atoms with Gasteiger partial charge in [0.15, 0.2) is 0 Å². The van der Waals surface area contributed by atoms with Crippen LogP contribution in [0.4, 0.5) is 5.69 Å². The molecule has 1 aromatic heterocycles. The van der Waals surface area contributed by atoms with E-state index in [-0.39, 0.29) is 17.3 Å². The maximum atomic E-state index is 12.6. The van der Waals surface area contributed by atoms with Crippen LogP contribution in [-0.2, 0) is 16.6 Å². The highest BCUT2D eigenvalue weighted by molar-refractivity contribution is 7.99. The second-order valence-electron chi connectivity index (χ2n) is 5.50. The Balaban J connectivity index is 1.63. The number of amides is 1. The highest BCUT2D eigenvalue weighted by Gasteiger charge is 2.22. The molecule has 2 N–H and O–H groups in total. The number of rotatable bonds is 4. The summed E-state index contributed by atoms with van der Waals surface area (Å²) in [7, 11) is -3.70. The van der Waals surface area contributed by atoms with Gasteiger partial charge in [-0.15, -0.1) is 11.3 Å².